The number of cyclic esters (lactones) is 1. The number of esters is 1. The molecule has 0 aromatic carbocycles. The smallest absolute Gasteiger partial charge is 0.320 e. The van der Waals surface area contributed by atoms with Crippen molar-refractivity contribution < 1.29 is 9.53 Å². The molecular weight excluding hydrogens is 168 g/mol. The van der Waals surface area contributed by atoms with Gasteiger partial charge in [-0.05, 0) is 20.3 Å². The van der Waals surface area contributed by atoms with E-state index in [1.807, 2.05) is 13.8 Å². The van der Waals surface area contributed by atoms with Gasteiger partial charge in [-0.2, -0.15) is 0 Å². The standard InChI is InChI=1S/C9H18N2O2/c1-9(2,10)7-11-4-3-5-13-8(12)6-11/h3-7,10H2,1-2H3. The number of rotatable bonds is 2. The SMILES string of the molecule is CC(C)(N)CN1CCCOC(=O)C1. The highest BCUT2D eigenvalue weighted by Crippen LogP contribution is 2.05. The highest BCUT2D eigenvalue weighted by Gasteiger charge is 2.21. The van der Waals surface area contributed by atoms with Crippen LogP contribution in [-0.4, -0.2) is 42.6 Å². The fraction of sp³-hybridized carbons (Fsp3) is 0.889. The molecule has 1 saturated heterocycles. The van der Waals surface area contributed by atoms with E-state index < -0.39 is 0 Å². The number of nitrogens with two attached hydrogens (primary N) is 1. The zero-order chi connectivity index (χ0) is 9.90. The molecule has 0 unspecified atom stereocenters. The lowest BCUT2D eigenvalue weighted by Gasteiger charge is -2.27. The van der Waals surface area contributed by atoms with Crippen molar-refractivity contribution in [2.24, 2.45) is 5.73 Å². The van der Waals surface area contributed by atoms with Crippen molar-refractivity contribution in [3.05, 3.63) is 0 Å². The molecule has 0 aromatic heterocycles. The first-order valence-corrected chi connectivity index (χ1v) is 4.64. The Hall–Kier alpha value is -0.610. The summed E-state index contributed by atoms with van der Waals surface area (Å²) in [5.74, 6) is -0.137. The molecule has 1 rings (SSSR count). The van der Waals surface area contributed by atoms with Crippen LogP contribution in [-0.2, 0) is 9.53 Å². The number of hydrogen-bond donors (Lipinski definition) is 1. The second kappa shape index (κ2) is 4.07. The summed E-state index contributed by atoms with van der Waals surface area (Å²) in [5.41, 5.74) is 5.62. The predicted molar refractivity (Wildman–Crippen MR) is 50.3 cm³/mol. The van der Waals surface area contributed by atoms with Gasteiger partial charge in [0.05, 0.1) is 13.2 Å². The van der Waals surface area contributed by atoms with E-state index in [9.17, 15) is 4.79 Å². The van der Waals surface area contributed by atoms with Crippen molar-refractivity contribution >= 4 is 5.97 Å². The summed E-state index contributed by atoms with van der Waals surface area (Å²) in [6, 6.07) is 0. The van der Waals surface area contributed by atoms with Gasteiger partial charge in [0.25, 0.3) is 0 Å². The number of ether oxygens (including phenoxy) is 1. The van der Waals surface area contributed by atoms with Crippen LogP contribution in [0.15, 0.2) is 0 Å². The van der Waals surface area contributed by atoms with Gasteiger partial charge < -0.3 is 10.5 Å². The van der Waals surface area contributed by atoms with Gasteiger partial charge in [0.2, 0.25) is 0 Å². The number of carbonyl (C=O) groups is 1. The highest BCUT2D eigenvalue weighted by molar-refractivity contribution is 5.71. The Morgan fingerprint density at radius 3 is 2.92 bits per heavy atom. The highest BCUT2D eigenvalue weighted by atomic mass is 16.5. The molecule has 1 aliphatic heterocycles. The van der Waals surface area contributed by atoms with Crippen LogP contribution in [0.4, 0.5) is 0 Å². The van der Waals surface area contributed by atoms with Crippen molar-refractivity contribution in [1.82, 2.24) is 4.90 Å². The van der Waals surface area contributed by atoms with Gasteiger partial charge >= 0.3 is 5.97 Å². The molecule has 0 bridgehead atoms. The summed E-state index contributed by atoms with van der Waals surface area (Å²) in [6.45, 7) is 6.47. The average Bonchev–Trinajstić information content (AvgIpc) is 2.10. The normalized spacial score (nSPS) is 21.0. The average molecular weight is 186 g/mol. The lowest BCUT2D eigenvalue weighted by molar-refractivity contribution is -0.143. The Labute approximate surface area is 79.0 Å². The van der Waals surface area contributed by atoms with Gasteiger partial charge in [0, 0.05) is 18.6 Å². The maximum Gasteiger partial charge on any atom is 0.320 e. The Morgan fingerprint density at radius 2 is 2.31 bits per heavy atom. The van der Waals surface area contributed by atoms with Crippen LogP contribution < -0.4 is 5.73 Å². The second-order valence-corrected chi connectivity index (χ2v) is 4.27. The number of hydrogen-bond acceptors (Lipinski definition) is 4. The van der Waals surface area contributed by atoms with E-state index in [1.165, 1.54) is 0 Å². The third-order valence-corrected chi connectivity index (χ3v) is 1.87. The predicted octanol–water partition coefficient (Wildman–Crippen LogP) is -0.0274. The van der Waals surface area contributed by atoms with Crippen LogP contribution in [0.1, 0.15) is 20.3 Å². The van der Waals surface area contributed by atoms with E-state index in [0.717, 1.165) is 19.5 Å². The monoisotopic (exact) mass is 186 g/mol. The van der Waals surface area contributed by atoms with E-state index in [4.69, 9.17) is 10.5 Å². The van der Waals surface area contributed by atoms with E-state index >= 15 is 0 Å². The minimum Gasteiger partial charge on any atom is -0.465 e. The van der Waals surface area contributed by atoms with E-state index in [0.29, 0.717) is 13.2 Å². The number of nitrogens with zero attached hydrogens (tertiary/aromatic N) is 1. The van der Waals surface area contributed by atoms with E-state index in [2.05, 4.69) is 4.90 Å². The Kier molecular flexibility index (Phi) is 3.27. The summed E-state index contributed by atoms with van der Waals surface area (Å²) in [4.78, 5) is 13.1. The lowest BCUT2D eigenvalue weighted by atomic mass is 10.1. The molecular formula is C9H18N2O2. The zero-order valence-electron chi connectivity index (χ0n) is 8.38. The first kappa shape index (κ1) is 10.5. The van der Waals surface area contributed by atoms with Crippen LogP contribution in [0.2, 0.25) is 0 Å². The lowest BCUT2D eigenvalue weighted by Crippen LogP contribution is -2.46. The number of carbonyl (C=O) groups excluding carboxylic acids is 1. The van der Waals surface area contributed by atoms with Crippen molar-refractivity contribution in [2.75, 3.05) is 26.2 Å². The minimum absolute atomic E-state index is 0.137. The molecule has 0 radical (unpaired) electrons. The first-order chi connectivity index (χ1) is 5.97. The quantitative estimate of drug-likeness (QED) is 0.615. The van der Waals surface area contributed by atoms with Gasteiger partial charge in [-0.15, -0.1) is 0 Å². The van der Waals surface area contributed by atoms with E-state index in [1.54, 1.807) is 0 Å². The summed E-state index contributed by atoms with van der Waals surface area (Å²) in [7, 11) is 0. The second-order valence-electron chi connectivity index (χ2n) is 4.27. The minimum atomic E-state index is -0.245. The molecule has 0 aromatic rings. The summed E-state index contributed by atoms with van der Waals surface area (Å²) in [5, 5.41) is 0. The summed E-state index contributed by atoms with van der Waals surface area (Å²) >= 11 is 0. The van der Waals surface area contributed by atoms with Crippen molar-refractivity contribution in [2.45, 2.75) is 25.8 Å². The Balaban J connectivity index is 2.44. The van der Waals surface area contributed by atoms with E-state index in [-0.39, 0.29) is 11.5 Å². The zero-order valence-corrected chi connectivity index (χ0v) is 8.38. The van der Waals surface area contributed by atoms with Crippen molar-refractivity contribution in [3.63, 3.8) is 0 Å². The van der Waals surface area contributed by atoms with Gasteiger partial charge in [0.1, 0.15) is 0 Å². The maximum atomic E-state index is 11.1. The third-order valence-electron chi connectivity index (χ3n) is 1.87. The molecule has 4 nitrogen and oxygen atoms in total. The Morgan fingerprint density at radius 1 is 1.62 bits per heavy atom. The molecule has 76 valence electrons. The molecule has 2 N–H and O–H groups in total. The molecule has 1 aliphatic rings. The van der Waals surface area contributed by atoms with Gasteiger partial charge in [-0.1, -0.05) is 0 Å². The molecule has 13 heavy (non-hydrogen) atoms. The molecule has 0 atom stereocenters. The molecule has 1 fully saturated rings. The topological polar surface area (TPSA) is 55.6 Å². The van der Waals surface area contributed by atoms with Gasteiger partial charge in [-0.25, -0.2) is 0 Å². The molecule has 0 amide bonds. The van der Waals surface area contributed by atoms with Gasteiger partial charge in [0.15, 0.2) is 0 Å². The molecule has 0 aliphatic carbocycles. The fourth-order valence-electron chi connectivity index (χ4n) is 1.49. The molecule has 4 heteroatoms. The Bertz CT molecular complexity index is 187. The van der Waals surface area contributed by atoms with Crippen LogP contribution in [0.3, 0.4) is 0 Å². The van der Waals surface area contributed by atoms with Crippen LogP contribution in [0, 0.1) is 0 Å². The van der Waals surface area contributed by atoms with Crippen LogP contribution >= 0.6 is 0 Å². The van der Waals surface area contributed by atoms with Crippen LogP contribution in [0.5, 0.6) is 0 Å². The summed E-state index contributed by atoms with van der Waals surface area (Å²) < 4.78 is 4.93. The molecule has 0 saturated carbocycles. The van der Waals surface area contributed by atoms with Crippen LogP contribution in [0.25, 0.3) is 0 Å². The summed E-state index contributed by atoms with van der Waals surface area (Å²) in [6.07, 6.45) is 0.905. The molecule has 1 heterocycles. The fourth-order valence-corrected chi connectivity index (χ4v) is 1.49. The largest absolute Gasteiger partial charge is 0.465 e. The molecule has 0 spiro atoms. The van der Waals surface area contributed by atoms with Crippen molar-refractivity contribution in [1.29, 1.82) is 0 Å². The first-order valence-electron chi connectivity index (χ1n) is 4.64. The van der Waals surface area contributed by atoms with Gasteiger partial charge in [-0.3, -0.25) is 9.69 Å². The van der Waals surface area contributed by atoms with Crippen molar-refractivity contribution in [3.8, 4) is 0 Å². The maximum absolute atomic E-state index is 11.1. The third kappa shape index (κ3) is 4.24.